The van der Waals surface area contributed by atoms with E-state index in [9.17, 15) is 4.79 Å². The molecule has 0 saturated carbocycles. The monoisotopic (exact) mass is 469 g/mol. The Kier molecular flexibility index (Phi) is 5.41. The number of amides is 1. The van der Waals surface area contributed by atoms with Crippen LogP contribution in [0.25, 0.3) is 5.82 Å². The minimum Gasteiger partial charge on any atom is -0.438 e. The van der Waals surface area contributed by atoms with Crippen molar-refractivity contribution < 1.29 is 9.53 Å². The molecule has 0 aliphatic heterocycles. The van der Waals surface area contributed by atoms with Crippen LogP contribution in [0.5, 0.6) is 11.6 Å². The molecule has 1 amide bonds. The van der Waals surface area contributed by atoms with Crippen LogP contribution in [0.2, 0.25) is 0 Å². The molecular formula is C20H16BrN5O2S. The highest BCUT2D eigenvalue weighted by molar-refractivity contribution is 9.10. The molecule has 29 heavy (non-hydrogen) atoms. The maximum Gasteiger partial charge on any atom is 0.265 e. The molecule has 9 heteroatoms. The van der Waals surface area contributed by atoms with E-state index in [1.807, 2.05) is 29.9 Å². The third-order valence-electron chi connectivity index (χ3n) is 4.25. The van der Waals surface area contributed by atoms with Gasteiger partial charge in [-0.15, -0.1) is 21.5 Å². The van der Waals surface area contributed by atoms with Crippen LogP contribution < -0.4 is 10.1 Å². The normalized spacial score (nSPS) is 10.7. The molecular weight excluding hydrogens is 454 g/mol. The quantitative estimate of drug-likeness (QED) is 0.437. The number of thiophene rings is 1. The average Bonchev–Trinajstić information content (AvgIpc) is 3.30. The van der Waals surface area contributed by atoms with E-state index < -0.39 is 0 Å². The van der Waals surface area contributed by atoms with Crippen LogP contribution in [0.4, 0.5) is 5.69 Å². The Hall–Kier alpha value is -3.04. The third kappa shape index (κ3) is 4.36. The maximum atomic E-state index is 12.2. The topological polar surface area (TPSA) is 81.9 Å². The number of aromatic nitrogens is 4. The van der Waals surface area contributed by atoms with Crippen LogP contribution in [0.3, 0.4) is 0 Å². The molecule has 146 valence electrons. The van der Waals surface area contributed by atoms with E-state index in [2.05, 4.69) is 36.4 Å². The fourth-order valence-corrected chi connectivity index (χ4v) is 3.90. The molecule has 3 aromatic heterocycles. The van der Waals surface area contributed by atoms with Crippen molar-refractivity contribution >= 4 is 38.9 Å². The summed E-state index contributed by atoms with van der Waals surface area (Å²) in [5, 5.41) is 13.0. The van der Waals surface area contributed by atoms with Crippen molar-refractivity contribution in [3.8, 4) is 17.4 Å². The van der Waals surface area contributed by atoms with Crippen LogP contribution in [0, 0.1) is 13.8 Å². The average molecular weight is 470 g/mol. The number of hydrogen-bond acceptors (Lipinski definition) is 6. The zero-order valence-corrected chi connectivity index (χ0v) is 18.0. The summed E-state index contributed by atoms with van der Waals surface area (Å²) in [6.07, 6.45) is 1.72. The lowest BCUT2D eigenvalue weighted by Gasteiger charge is -2.08. The summed E-state index contributed by atoms with van der Waals surface area (Å²) in [7, 11) is 0. The summed E-state index contributed by atoms with van der Waals surface area (Å²) in [4.78, 5) is 17.1. The zero-order chi connectivity index (χ0) is 20.4. The third-order valence-corrected chi connectivity index (χ3v) is 5.94. The van der Waals surface area contributed by atoms with Gasteiger partial charge in [-0.2, -0.15) is 0 Å². The molecule has 1 N–H and O–H groups in total. The van der Waals surface area contributed by atoms with Crippen molar-refractivity contribution in [1.29, 1.82) is 0 Å². The van der Waals surface area contributed by atoms with E-state index in [0.717, 1.165) is 15.9 Å². The van der Waals surface area contributed by atoms with E-state index in [0.29, 0.717) is 28.0 Å². The lowest BCUT2D eigenvalue weighted by atomic mass is 10.3. The summed E-state index contributed by atoms with van der Waals surface area (Å²) in [6, 6.07) is 12.4. The van der Waals surface area contributed by atoms with Crippen molar-refractivity contribution in [2.75, 3.05) is 5.32 Å². The first-order valence-corrected chi connectivity index (χ1v) is 10.3. The van der Waals surface area contributed by atoms with Gasteiger partial charge >= 0.3 is 0 Å². The number of aryl methyl sites for hydroxylation is 1. The highest BCUT2D eigenvalue weighted by Gasteiger charge is 2.10. The fraction of sp³-hybridized carbons (Fsp3) is 0.100. The molecule has 0 spiro atoms. The first-order chi connectivity index (χ1) is 14.0. The Labute approximate surface area is 179 Å². The molecule has 0 saturated heterocycles. The lowest BCUT2D eigenvalue weighted by molar-refractivity contribution is 0.103. The largest absolute Gasteiger partial charge is 0.438 e. The Bertz CT molecular complexity index is 1150. The molecule has 0 unspecified atom stereocenters. The number of carbonyl (C=O) groups excluding carboxylic acids is 1. The standard InChI is InChI=1S/C20H16BrN5O2S/c1-12-13(2)26(11-22-12)18-7-8-19(25-24-18)28-16-5-3-15(4-6-16)23-20(27)17-9-14(21)10-29-17/h3-11H,1-2H3,(H,23,27). The Morgan fingerprint density at radius 1 is 1.14 bits per heavy atom. The Balaban J connectivity index is 1.41. The molecule has 0 bridgehead atoms. The minimum absolute atomic E-state index is 0.152. The first-order valence-electron chi connectivity index (χ1n) is 8.67. The van der Waals surface area contributed by atoms with Gasteiger partial charge in [-0.25, -0.2) is 4.98 Å². The molecule has 0 atom stereocenters. The number of ether oxygens (including phenoxy) is 1. The van der Waals surface area contributed by atoms with Gasteiger partial charge in [0, 0.05) is 27.3 Å². The molecule has 1 aromatic carbocycles. The second kappa shape index (κ2) is 8.14. The maximum absolute atomic E-state index is 12.2. The summed E-state index contributed by atoms with van der Waals surface area (Å²) >= 11 is 4.73. The number of imidazole rings is 1. The molecule has 4 rings (SSSR count). The number of rotatable bonds is 5. The first kappa shape index (κ1) is 19.3. The number of benzene rings is 1. The predicted molar refractivity (Wildman–Crippen MR) is 115 cm³/mol. The van der Waals surface area contributed by atoms with Crippen LogP contribution in [-0.4, -0.2) is 25.7 Å². The van der Waals surface area contributed by atoms with Crippen LogP contribution in [-0.2, 0) is 0 Å². The lowest BCUT2D eigenvalue weighted by Crippen LogP contribution is -2.09. The number of anilines is 1. The molecule has 3 heterocycles. The van der Waals surface area contributed by atoms with Crippen molar-refractivity contribution in [2.24, 2.45) is 0 Å². The minimum atomic E-state index is -0.152. The Morgan fingerprint density at radius 2 is 1.93 bits per heavy atom. The van der Waals surface area contributed by atoms with Gasteiger partial charge in [-0.05, 0) is 66.2 Å². The van der Waals surface area contributed by atoms with Crippen LogP contribution in [0.1, 0.15) is 21.1 Å². The number of nitrogens with zero attached hydrogens (tertiary/aromatic N) is 4. The molecule has 0 aliphatic carbocycles. The van der Waals surface area contributed by atoms with Gasteiger partial charge in [0.15, 0.2) is 5.82 Å². The number of carbonyl (C=O) groups is 1. The van der Waals surface area contributed by atoms with Gasteiger partial charge in [0.25, 0.3) is 5.91 Å². The van der Waals surface area contributed by atoms with Crippen molar-refractivity contribution in [2.45, 2.75) is 13.8 Å². The molecule has 0 fully saturated rings. The zero-order valence-electron chi connectivity index (χ0n) is 15.6. The second-order valence-corrected chi connectivity index (χ2v) is 8.05. The highest BCUT2D eigenvalue weighted by Crippen LogP contribution is 2.24. The molecule has 4 aromatic rings. The number of halogens is 1. The second-order valence-electron chi connectivity index (χ2n) is 6.22. The van der Waals surface area contributed by atoms with Crippen molar-refractivity contribution in [1.82, 2.24) is 19.7 Å². The molecule has 0 radical (unpaired) electrons. The van der Waals surface area contributed by atoms with E-state index in [4.69, 9.17) is 4.74 Å². The van der Waals surface area contributed by atoms with E-state index in [-0.39, 0.29) is 5.91 Å². The summed E-state index contributed by atoms with van der Waals surface area (Å²) in [5.74, 6) is 1.50. The number of hydrogen-bond donors (Lipinski definition) is 1. The van der Waals surface area contributed by atoms with Gasteiger partial charge in [0.05, 0.1) is 10.6 Å². The fourth-order valence-electron chi connectivity index (χ4n) is 2.58. The van der Waals surface area contributed by atoms with Gasteiger partial charge < -0.3 is 10.1 Å². The summed E-state index contributed by atoms with van der Waals surface area (Å²) in [5.41, 5.74) is 2.64. The highest BCUT2D eigenvalue weighted by atomic mass is 79.9. The van der Waals surface area contributed by atoms with E-state index >= 15 is 0 Å². The van der Waals surface area contributed by atoms with Crippen LogP contribution in [0.15, 0.2) is 58.6 Å². The SMILES string of the molecule is Cc1ncn(-c2ccc(Oc3ccc(NC(=O)c4cc(Br)cs4)cc3)nn2)c1C. The van der Waals surface area contributed by atoms with E-state index in [1.54, 1.807) is 42.7 Å². The van der Waals surface area contributed by atoms with Crippen molar-refractivity contribution in [3.63, 3.8) is 0 Å². The van der Waals surface area contributed by atoms with Gasteiger partial charge in [-0.3, -0.25) is 9.36 Å². The van der Waals surface area contributed by atoms with Gasteiger partial charge in [-0.1, -0.05) is 0 Å². The van der Waals surface area contributed by atoms with Gasteiger partial charge in [0.2, 0.25) is 5.88 Å². The molecule has 0 aliphatic rings. The smallest absolute Gasteiger partial charge is 0.265 e. The van der Waals surface area contributed by atoms with E-state index in [1.165, 1.54) is 11.3 Å². The molecule has 7 nitrogen and oxygen atoms in total. The van der Waals surface area contributed by atoms with Crippen LogP contribution >= 0.6 is 27.3 Å². The predicted octanol–water partition coefficient (Wildman–Crippen LogP) is 5.15. The van der Waals surface area contributed by atoms with Crippen molar-refractivity contribution in [3.05, 3.63) is 74.9 Å². The summed E-state index contributed by atoms with van der Waals surface area (Å²) < 4.78 is 8.50. The number of nitrogens with one attached hydrogen (secondary N) is 1. The Morgan fingerprint density at radius 3 is 2.52 bits per heavy atom. The summed E-state index contributed by atoms with van der Waals surface area (Å²) in [6.45, 7) is 3.92. The van der Waals surface area contributed by atoms with Gasteiger partial charge in [0.1, 0.15) is 12.1 Å².